The van der Waals surface area contributed by atoms with E-state index in [4.69, 9.17) is 28.9 Å². The molecule has 0 aromatic heterocycles. The lowest BCUT2D eigenvalue weighted by Gasteiger charge is -2.25. The number of hydrogen-bond donors (Lipinski definition) is 2. The summed E-state index contributed by atoms with van der Waals surface area (Å²) in [4.78, 5) is 22.8. The average Bonchev–Trinajstić information content (AvgIpc) is 2.47. The number of halogens is 2. The number of hydrogen-bond acceptors (Lipinski definition) is 4. The molecule has 1 aromatic rings. The molecule has 1 heterocycles. The molecule has 1 aliphatic rings. The Morgan fingerprint density at radius 3 is 2.86 bits per heavy atom. The Kier molecular flexibility index (Phi) is 5.35. The molecule has 3 N–H and O–H groups in total. The number of nitriles is 1. The van der Waals surface area contributed by atoms with Gasteiger partial charge in [0.15, 0.2) is 0 Å². The van der Waals surface area contributed by atoms with Crippen LogP contribution in [0, 0.1) is 11.3 Å². The van der Waals surface area contributed by atoms with Crippen LogP contribution in [0.1, 0.15) is 17.9 Å². The first-order valence-electron chi connectivity index (χ1n) is 6.23. The second-order valence-electron chi connectivity index (χ2n) is 4.56. The zero-order valence-corrected chi connectivity index (χ0v) is 13.6. The van der Waals surface area contributed by atoms with E-state index in [0.717, 1.165) is 11.8 Å². The number of carbonyl (C=O) groups excluding carboxylic acids is 2. The summed E-state index contributed by atoms with van der Waals surface area (Å²) in [6.45, 7) is 0. The number of amides is 2. The van der Waals surface area contributed by atoms with Crippen LogP contribution in [0.25, 0.3) is 0 Å². The van der Waals surface area contributed by atoms with Gasteiger partial charge in [-0.25, -0.2) is 0 Å². The minimum absolute atomic E-state index is 0.0310. The molecule has 0 fully saturated rings. The first-order chi connectivity index (χ1) is 10.4. The van der Waals surface area contributed by atoms with Gasteiger partial charge in [0.2, 0.25) is 11.8 Å². The molecular formula is C14H11Cl2N3O2S. The predicted molar refractivity (Wildman–Crippen MR) is 86.3 cm³/mol. The number of benzene rings is 1. The van der Waals surface area contributed by atoms with Gasteiger partial charge in [-0.15, -0.1) is 0 Å². The highest BCUT2D eigenvalue weighted by molar-refractivity contribution is 8.03. The van der Waals surface area contributed by atoms with Crippen molar-refractivity contribution in [2.75, 3.05) is 5.75 Å². The van der Waals surface area contributed by atoms with E-state index in [0.29, 0.717) is 26.2 Å². The minimum Gasteiger partial charge on any atom is -0.369 e. The van der Waals surface area contributed by atoms with Gasteiger partial charge in [-0.3, -0.25) is 9.59 Å². The second-order valence-corrected chi connectivity index (χ2v) is 6.33. The molecule has 5 nitrogen and oxygen atoms in total. The molecule has 0 bridgehead atoms. The lowest BCUT2D eigenvalue weighted by atomic mass is 9.87. The molecule has 22 heavy (non-hydrogen) atoms. The standard InChI is InChI=1S/C14H11Cl2N3O2S/c15-10-3-1-2-7(13(10)16)8-4-12(21)19-14(9(8)5-17)22-6-11(18)20/h1-3,8H,4,6H2,(H2,18,20)(H,19,21). The molecule has 0 saturated heterocycles. The smallest absolute Gasteiger partial charge is 0.227 e. The lowest BCUT2D eigenvalue weighted by molar-refractivity contribution is -0.121. The van der Waals surface area contributed by atoms with Crippen molar-refractivity contribution in [1.29, 1.82) is 5.26 Å². The van der Waals surface area contributed by atoms with Gasteiger partial charge in [0, 0.05) is 12.3 Å². The van der Waals surface area contributed by atoms with Gasteiger partial charge in [-0.2, -0.15) is 5.26 Å². The van der Waals surface area contributed by atoms with Gasteiger partial charge >= 0.3 is 0 Å². The first-order valence-corrected chi connectivity index (χ1v) is 7.97. The van der Waals surface area contributed by atoms with Gasteiger partial charge in [0.05, 0.1) is 32.5 Å². The van der Waals surface area contributed by atoms with Crippen molar-refractivity contribution < 1.29 is 9.59 Å². The molecule has 0 saturated carbocycles. The lowest BCUT2D eigenvalue weighted by Crippen LogP contribution is -2.31. The number of thioether (sulfide) groups is 1. The quantitative estimate of drug-likeness (QED) is 0.867. The van der Waals surface area contributed by atoms with E-state index < -0.39 is 11.8 Å². The zero-order chi connectivity index (χ0) is 16.3. The third-order valence-electron chi connectivity index (χ3n) is 3.07. The molecule has 2 rings (SSSR count). The summed E-state index contributed by atoms with van der Waals surface area (Å²) in [7, 11) is 0. The van der Waals surface area contributed by atoms with Gasteiger partial charge in [0.25, 0.3) is 0 Å². The molecule has 1 unspecified atom stereocenters. The highest BCUT2D eigenvalue weighted by atomic mass is 35.5. The highest BCUT2D eigenvalue weighted by Gasteiger charge is 2.31. The van der Waals surface area contributed by atoms with E-state index in [1.54, 1.807) is 18.2 Å². The van der Waals surface area contributed by atoms with Crippen LogP contribution in [0.3, 0.4) is 0 Å². The molecule has 0 radical (unpaired) electrons. The Bertz CT molecular complexity index is 713. The molecule has 114 valence electrons. The molecule has 1 atom stereocenters. The number of nitrogens with zero attached hydrogens (tertiary/aromatic N) is 1. The maximum atomic E-state index is 11.9. The molecule has 2 amide bonds. The molecule has 1 aliphatic heterocycles. The first kappa shape index (κ1) is 16.7. The third kappa shape index (κ3) is 3.55. The van der Waals surface area contributed by atoms with Crippen molar-refractivity contribution in [2.45, 2.75) is 12.3 Å². The topological polar surface area (TPSA) is 96.0 Å². The van der Waals surface area contributed by atoms with Crippen LogP contribution < -0.4 is 11.1 Å². The van der Waals surface area contributed by atoms with Crippen LogP contribution >= 0.6 is 35.0 Å². The number of nitrogens with one attached hydrogen (secondary N) is 1. The largest absolute Gasteiger partial charge is 0.369 e. The molecule has 1 aromatic carbocycles. The summed E-state index contributed by atoms with van der Waals surface area (Å²) >= 11 is 13.2. The number of allylic oxidation sites excluding steroid dienone is 1. The number of primary amides is 1. The van der Waals surface area contributed by atoms with Crippen molar-refractivity contribution >= 4 is 46.8 Å². The fourth-order valence-corrected chi connectivity index (χ4v) is 3.39. The minimum atomic E-state index is -0.535. The van der Waals surface area contributed by atoms with Crippen LogP contribution in [0.15, 0.2) is 28.8 Å². The van der Waals surface area contributed by atoms with Gasteiger partial charge in [-0.05, 0) is 11.6 Å². The Labute approximate surface area is 141 Å². The summed E-state index contributed by atoms with van der Waals surface area (Å²) in [6, 6.07) is 7.15. The Morgan fingerprint density at radius 1 is 1.50 bits per heavy atom. The van der Waals surface area contributed by atoms with Crippen LogP contribution in [0.2, 0.25) is 10.0 Å². The molecular weight excluding hydrogens is 345 g/mol. The van der Waals surface area contributed by atoms with Gasteiger partial charge in [-0.1, -0.05) is 47.1 Å². The fraction of sp³-hybridized carbons (Fsp3) is 0.214. The van der Waals surface area contributed by atoms with E-state index in [-0.39, 0.29) is 18.1 Å². The van der Waals surface area contributed by atoms with Crippen LogP contribution in [-0.4, -0.2) is 17.6 Å². The monoisotopic (exact) mass is 355 g/mol. The van der Waals surface area contributed by atoms with Gasteiger partial charge < -0.3 is 11.1 Å². The zero-order valence-electron chi connectivity index (χ0n) is 11.2. The predicted octanol–water partition coefficient (Wildman–Crippen LogP) is 2.55. The van der Waals surface area contributed by atoms with Crippen molar-refractivity contribution in [3.05, 3.63) is 44.4 Å². The number of rotatable bonds is 4. The average molecular weight is 356 g/mol. The summed E-state index contributed by atoms with van der Waals surface area (Å²) in [5.41, 5.74) is 6.06. The van der Waals surface area contributed by atoms with Crippen LogP contribution in [0.5, 0.6) is 0 Å². The number of carbonyl (C=O) groups is 2. The van der Waals surface area contributed by atoms with E-state index in [1.165, 1.54) is 0 Å². The summed E-state index contributed by atoms with van der Waals surface area (Å²) in [5.74, 6) is -1.32. The third-order valence-corrected chi connectivity index (χ3v) is 4.94. The molecule has 0 spiro atoms. The highest BCUT2D eigenvalue weighted by Crippen LogP contribution is 2.40. The maximum Gasteiger partial charge on any atom is 0.227 e. The summed E-state index contributed by atoms with van der Waals surface area (Å²) < 4.78 is 0. The van der Waals surface area contributed by atoms with Crippen molar-refractivity contribution in [3.63, 3.8) is 0 Å². The Balaban J connectivity index is 2.47. The van der Waals surface area contributed by atoms with E-state index >= 15 is 0 Å². The van der Waals surface area contributed by atoms with E-state index in [2.05, 4.69) is 11.4 Å². The molecule has 8 heteroatoms. The Hall–Kier alpha value is -1.68. The summed E-state index contributed by atoms with van der Waals surface area (Å²) in [6.07, 6.45) is 0.0869. The SMILES string of the molecule is N#CC1=C(SCC(N)=O)NC(=O)CC1c1cccc(Cl)c1Cl. The van der Waals surface area contributed by atoms with Crippen LogP contribution in [0.4, 0.5) is 0 Å². The number of nitrogens with two attached hydrogens (primary N) is 1. The normalized spacial score (nSPS) is 17.9. The Morgan fingerprint density at radius 2 is 2.23 bits per heavy atom. The fourth-order valence-electron chi connectivity index (χ4n) is 2.13. The summed E-state index contributed by atoms with van der Waals surface area (Å²) in [5, 5.41) is 13.0. The van der Waals surface area contributed by atoms with Crippen LogP contribution in [-0.2, 0) is 9.59 Å². The van der Waals surface area contributed by atoms with Gasteiger partial charge in [0.1, 0.15) is 0 Å². The van der Waals surface area contributed by atoms with E-state index in [1.807, 2.05) is 0 Å². The van der Waals surface area contributed by atoms with Crippen molar-refractivity contribution in [2.24, 2.45) is 5.73 Å². The maximum absolute atomic E-state index is 11.9. The molecule has 0 aliphatic carbocycles. The second kappa shape index (κ2) is 7.05. The van der Waals surface area contributed by atoms with E-state index in [9.17, 15) is 14.9 Å². The van der Waals surface area contributed by atoms with Crippen molar-refractivity contribution in [3.8, 4) is 6.07 Å². The van der Waals surface area contributed by atoms with Crippen molar-refractivity contribution in [1.82, 2.24) is 5.32 Å².